The summed E-state index contributed by atoms with van der Waals surface area (Å²) in [7, 11) is 0. The molecule has 1 aromatic rings. The van der Waals surface area contributed by atoms with Crippen molar-refractivity contribution in [3.8, 4) is 5.75 Å². The Bertz CT molecular complexity index is 279. The van der Waals surface area contributed by atoms with Gasteiger partial charge < -0.3 is 4.74 Å². The quantitative estimate of drug-likeness (QED) is 0.721. The molecule has 0 saturated carbocycles. The van der Waals surface area contributed by atoms with E-state index < -0.39 is 6.10 Å². The summed E-state index contributed by atoms with van der Waals surface area (Å²) in [6, 6.07) is 7.44. The number of benzene rings is 1. The lowest BCUT2D eigenvalue weighted by molar-refractivity contribution is 0.102. The lowest BCUT2D eigenvalue weighted by Crippen LogP contribution is -2.06. The van der Waals surface area contributed by atoms with E-state index in [1.807, 2.05) is 24.3 Å². The second-order valence-electron chi connectivity index (χ2n) is 3.88. The molecule has 2 nitrogen and oxygen atoms in total. The Labute approximate surface area is 85.5 Å². The van der Waals surface area contributed by atoms with E-state index in [1.54, 1.807) is 6.92 Å². The monoisotopic (exact) mass is 193 g/mol. The Kier molecular flexibility index (Phi) is 3.96. The van der Waals surface area contributed by atoms with Gasteiger partial charge in [-0.3, -0.25) is 0 Å². The van der Waals surface area contributed by atoms with Gasteiger partial charge in [-0.1, -0.05) is 32.0 Å². The summed E-state index contributed by atoms with van der Waals surface area (Å²) < 4.78 is 5.56. The molecule has 0 heterocycles. The first-order valence-electron chi connectivity index (χ1n) is 4.98. The van der Waals surface area contributed by atoms with Crippen LogP contribution in [-0.2, 0) is 5.11 Å². The standard InChI is InChI=1S/C12H17O2/c1-9(2)8-14-12-7-5-4-6-11(12)10(3)13/h4-7,9-10H,8H2,1-3H3. The minimum atomic E-state index is -0.724. The third kappa shape index (κ3) is 3.04. The van der Waals surface area contributed by atoms with E-state index in [2.05, 4.69) is 13.8 Å². The lowest BCUT2D eigenvalue weighted by atomic mass is 10.1. The highest BCUT2D eigenvalue weighted by atomic mass is 16.5. The van der Waals surface area contributed by atoms with Crippen LogP contribution in [-0.4, -0.2) is 6.61 Å². The largest absolute Gasteiger partial charge is 0.493 e. The molecule has 0 aliphatic rings. The van der Waals surface area contributed by atoms with Gasteiger partial charge in [-0.25, -0.2) is 5.11 Å². The Hall–Kier alpha value is -1.02. The van der Waals surface area contributed by atoms with Crippen LogP contribution in [0.2, 0.25) is 0 Å². The average Bonchev–Trinajstić information content (AvgIpc) is 2.15. The highest BCUT2D eigenvalue weighted by Crippen LogP contribution is 2.25. The first-order valence-corrected chi connectivity index (χ1v) is 4.98. The zero-order chi connectivity index (χ0) is 10.6. The smallest absolute Gasteiger partial charge is 0.125 e. The molecule has 0 aliphatic heterocycles. The Morgan fingerprint density at radius 3 is 2.43 bits per heavy atom. The maximum absolute atomic E-state index is 11.3. The van der Waals surface area contributed by atoms with Crippen LogP contribution in [0.1, 0.15) is 32.4 Å². The Morgan fingerprint density at radius 2 is 1.86 bits per heavy atom. The van der Waals surface area contributed by atoms with Crippen LogP contribution in [0.3, 0.4) is 0 Å². The van der Waals surface area contributed by atoms with Crippen molar-refractivity contribution in [2.75, 3.05) is 6.61 Å². The van der Waals surface area contributed by atoms with Gasteiger partial charge in [-0.05, 0) is 18.9 Å². The van der Waals surface area contributed by atoms with E-state index in [0.29, 0.717) is 12.5 Å². The van der Waals surface area contributed by atoms with Crippen LogP contribution < -0.4 is 4.74 Å². The second-order valence-corrected chi connectivity index (χ2v) is 3.88. The van der Waals surface area contributed by atoms with Crippen molar-refractivity contribution in [2.24, 2.45) is 5.92 Å². The van der Waals surface area contributed by atoms with Crippen molar-refractivity contribution < 1.29 is 9.84 Å². The molecule has 1 aromatic carbocycles. The molecule has 0 N–H and O–H groups in total. The summed E-state index contributed by atoms with van der Waals surface area (Å²) >= 11 is 0. The number of rotatable bonds is 4. The van der Waals surface area contributed by atoms with Gasteiger partial charge in [0, 0.05) is 5.56 Å². The summed E-state index contributed by atoms with van der Waals surface area (Å²) in [6.07, 6.45) is -0.724. The molecule has 0 spiro atoms. The molecular weight excluding hydrogens is 176 g/mol. The van der Waals surface area contributed by atoms with E-state index >= 15 is 0 Å². The third-order valence-electron chi connectivity index (χ3n) is 1.93. The number of ether oxygens (including phenoxy) is 1. The molecule has 0 amide bonds. The SMILES string of the molecule is CC(C)COc1ccccc1C(C)[O]. The molecule has 77 valence electrons. The third-order valence-corrected chi connectivity index (χ3v) is 1.93. The van der Waals surface area contributed by atoms with Crippen molar-refractivity contribution in [2.45, 2.75) is 26.9 Å². The van der Waals surface area contributed by atoms with Crippen LogP contribution in [0.15, 0.2) is 24.3 Å². The topological polar surface area (TPSA) is 29.1 Å². The molecule has 1 radical (unpaired) electrons. The maximum atomic E-state index is 11.3. The highest BCUT2D eigenvalue weighted by Gasteiger charge is 2.09. The van der Waals surface area contributed by atoms with Crippen LogP contribution in [0, 0.1) is 5.92 Å². The predicted molar refractivity (Wildman–Crippen MR) is 55.9 cm³/mol. The van der Waals surface area contributed by atoms with Crippen LogP contribution >= 0.6 is 0 Å². The second kappa shape index (κ2) is 5.01. The van der Waals surface area contributed by atoms with E-state index in [0.717, 1.165) is 11.3 Å². The van der Waals surface area contributed by atoms with Gasteiger partial charge in [-0.2, -0.15) is 0 Å². The van der Waals surface area contributed by atoms with Gasteiger partial charge in [0.1, 0.15) is 11.9 Å². The predicted octanol–water partition coefficient (Wildman–Crippen LogP) is 3.21. The number of hydrogen-bond acceptors (Lipinski definition) is 1. The molecular formula is C12H17O2. The van der Waals surface area contributed by atoms with E-state index in [1.165, 1.54) is 0 Å². The molecule has 0 aromatic heterocycles. The van der Waals surface area contributed by atoms with Crippen molar-refractivity contribution in [1.82, 2.24) is 0 Å². The fraction of sp³-hybridized carbons (Fsp3) is 0.500. The summed E-state index contributed by atoms with van der Waals surface area (Å²) in [5.74, 6) is 1.20. The minimum Gasteiger partial charge on any atom is -0.493 e. The van der Waals surface area contributed by atoms with Crippen molar-refractivity contribution in [1.29, 1.82) is 0 Å². The Morgan fingerprint density at radius 1 is 1.21 bits per heavy atom. The molecule has 0 aliphatic carbocycles. The van der Waals surface area contributed by atoms with Gasteiger partial charge in [0.25, 0.3) is 0 Å². The zero-order valence-electron chi connectivity index (χ0n) is 8.99. The van der Waals surface area contributed by atoms with Crippen LogP contribution in [0.4, 0.5) is 0 Å². The number of para-hydroxylation sites is 1. The summed E-state index contributed by atoms with van der Waals surface area (Å²) in [6.45, 7) is 6.47. The van der Waals surface area contributed by atoms with Crippen molar-refractivity contribution in [3.05, 3.63) is 29.8 Å². The summed E-state index contributed by atoms with van der Waals surface area (Å²) in [4.78, 5) is 0. The minimum absolute atomic E-state index is 0.477. The zero-order valence-corrected chi connectivity index (χ0v) is 8.99. The molecule has 1 rings (SSSR count). The molecule has 1 atom stereocenters. The van der Waals surface area contributed by atoms with Crippen LogP contribution in [0.25, 0.3) is 0 Å². The van der Waals surface area contributed by atoms with E-state index in [9.17, 15) is 5.11 Å². The first-order chi connectivity index (χ1) is 6.61. The van der Waals surface area contributed by atoms with Gasteiger partial charge in [0.2, 0.25) is 0 Å². The normalized spacial score (nSPS) is 12.9. The highest BCUT2D eigenvalue weighted by molar-refractivity contribution is 5.34. The lowest BCUT2D eigenvalue weighted by Gasteiger charge is -2.13. The van der Waals surface area contributed by atoms with Gasteiger partial charge in [0.05, 0.1) is 6.61 Å². The van der Waals surface area contributed by atoms with Crippen LogP contribution in [0.5, 0.6) is 5.75 Å². The molecule has 1 unspecified atom stereocenters. The summed E-state index contributed by atoms with van der Waals surface area (Å²) in [5.41, 5.74) is 0.744. The molecule has 0 fully saturated rings. The fourth-order valence-electron chi connectivity index (χ4n) is 1.20. The maximum Gasteiger partial charge on any atom is 0.125 e. The van der Waals surface area contributed by atoms with Gasteiger partial charge >= 0.3 is 0 Å². The first kappa shape index (κ1) is 11.1. The van der Waals surface area contributed by atoms with Crippen molar-refractivity contribution in [3.63, 3.8) is 0 Å². The number of hydrogen-bond donors (Lipinski definition) is 0. The molecule has 14 heavy (non-hydrogen) atoms. The van der Waals surface area contributed by atoms with E-state index in [-0.39, 0.29) is 0 Å². The molecule has 0 saturated heterocycles. The Balaban J connectivity index is 2.74. The molecule has 0 bridgehead atoms. The van der Waals surface area contributed by atoms with E-state index in [4.69, 9.17) is 4.74 Å². The van der Waals surface area contributed by atoms with Gasteiger partial charge in [-0.15, -0.1) is 0 Å². The average molecular weight is 193 g/mol. The van der Waals surface area contributed by atoms with Crippen molar-refractivity contribution >= 4 is 0 Å². The fourth-order valence-corrected chi connectivity index (χ4v) is 1.20. The van der Waals surface area contributed by atoms with Gasteiger partial charge in [0.15, 0.2) is 0 Å². The molecule has 2 heteroatoms. The summed E-state index contributed by atoms with van der Waals surface area (Å²) in [5, 5.41) is 11.3.